The van der Waals surface area contributed by atoms with E-state index in [4.69, 9.17) is 0 Å². The zero-order chi connectivity index (χ0) is 19.2. The molecule has 1 aliphatic carbocycles. The van der Waals surface area contributed by atoms with E-state index >= 15 is 0 Å². The standard InChI is InChI=1S/C20H23FN4O2/c1-22-20(27)25-17-8-6-16(7-9-17)24-19(26)14-5-10-18(23-12-14)13-3-2-4-15(21)11-13/h2-5,10-12,16-17H,6-9H2,1H3,(H,24,26)(H2,22,25,27). The summed E-state index contributed by atoms with van der Waals surface area (Å²) in [7, 11) is 1.59. The summed E-state index contributed by atoms with van der Waals surface area (Å²) in [5.41, 5.74) is 1.76. The molecule has 142 valence electrons. The Labute approximate surface area is 157 Å². The van der Waals surface area contributed by atoms with Gasteiger partial charge < -0.3 is 16.0 Å². The SMILES string of the molecule is CNC(=O)NC1CCC(NC(=O)c2ccc(-c3cccc(F)c3)nc2)CC1. The third-order valence-corrected chi connectivity index (χ3v) is 4.77. The predicted octanol–water partition coefficient (Wildman–Crippen LogP) is 2.86. The number of aromatic nitrogens is 1. The Morgan fingerprint density at radius 1 is 1.04 bits per heavy atom. The second kappa shape index (κ2) is 8.62. The third-order valence-electron chi connectivity index (χ3n) is 4.77. The van der Waals surface area contributed by atoms with Crippen LogP contribution in [0.25, 0.3) is 11.3 Å². The van der Waals surface area contributed by atoms with E-state index in [0.717, 1.165) is 25.7 Å². The number of hydrogen-bond acceptors (Lipinski definition) is 3. The number of amides is 3. The minimum Gasteiger partial charge on any atom is -0.349 e. The van der Waals surface area contributed by atoms with Gasteiger partial charge in [0.15, 0.2) is 0 Å². The van der Waals surface area contributed by atoms with Gasteiger partial charge in [0, 0.05) is 30.9 Å². The first-order valence-electron chi connectivity index (χ1n) is 9.06. The molecule has 3 rings (SSSR count). The zero-order valence-corrected chi connectivity index (χ0v) is 15.2. The molecule has 1 aliphatic rings. The number of carbonyl (C=O) groups excluding carboxylic acids is 2. The highest BCUT2D eigenvalue weighted by Crippen LogP contribution is 2.20. The molecular formula is C20H23FN4O2. The van der Waals surface area contributed by atoms with Crippen molar-refractivity contribution in [2.75, 3.05) is 7.05 Å². The molecule has 7 heteroatoms. The maximum absolute atomic E-state index is 13.3. The van der Waals surface area contributed by atoms with Crippen LogP contribution in [0, 0.1) is 5.82 Å². The molecule has 27 heavy (non-hydrogen) atoms. The van der Waals surface area contributed by atoms with E-state index in [1.807, 2.05) is 0 Å². The highest BCUT2D eigenvalue weighted by molar-refractivity contribution is 5.94. The Kier molecular flexibility index (Phi) is 6.01. The first-order valence-corrected chi connectivity index (χ1v) is 9.06. The molecule has 1 heterocycles. The van der Waals surface area contributed by atoms with Gasteiger partial charge >= 0.3 is 6.03 Å². The summed E-state index contributed by atoms with van der Waals surface area (Å²) in [5, 5.41) is 8.47. The van der Waals surface area contributed by atoms with E-state index in [0.29, 0.717) is 16.8 Å². The second-order valence-electron chi connectivity index (χ2n) is 6.69. The molecule has 0 spiro atoms. The van der Waals surface area contributed by atoms with Gasteiger partial charge in [0.1, 0.15) is 5.82 Å². The third kappa shape index (κ3) is 5.03. The second-order valence-corrected chi connectivity index (χ2v) is 6.69. The van der Waals surface area contributed by atoms with Crippen molar-refractivity contribution in [2.45, 2.75) is 37.8 Å². The summed E-state index contributed by atoms with van der Waals surface area (Å²) in [4.78, 5) is 28.1. The Hall–Kier alpha value is -2.96. The van der Waals surface area contributed by atoms with Crippen LogP contribution in [0.3, 0.4) is 0 Å². The fourth-order valence-electron chi connectivity index (χ4n) is 3.26. The van der Waals surface area contributed by atoms with Crippen molar-refractivity contribution in [2.24, 2.45) is 0 Å². The number of nitrogens with zero attached hydrogens (tertiary/aromatic N) is 1. The molecule has 2 aromatic rings. The summed E-state index contributed by atoms with van der Waals surface area (Å²) < 4.78 is 13.3. The molecular weight excluding hydrogens is 347 g/mol. The lowest BCUT2D eigenvalue weighted by molar-refractivity contribution is 0.0924. The molecule has 0 saturated heterocycles. The maximum atomic E-state index is 13.3. The summed E-state index contributed by atoms with van der Waals surface area (Å²) in [6.45, 7) is 0. The molecule has 1 saturated carbocycles. The minimum absolute atomic E-state index is 0.0862. The summed E-state index contributed by atoms with van der Waals surface area (Å²) in [6.07, 6.45) is 4.79. The minimum atomic E-state index is -0.322. The van der Waals surface area contributed by atoms with Crippen LogP contribution >= 0.6 is 0 Å². The summed E-state index contributed by atoms with van der Waals surface area (Å²) in [6, 6.07) is 9.66. The van der Waals surface area contributed by atoms with Crippen LogP contribution in [0.5, 0.6) is 0 Å². The number of nitrogens with one attached hydrogen (secondary N) is 3. The number of urea groups is 1. The largest absolute Gasteiger partial charge is 0.349 e. The molecule has 1 fully saturated rings. The highest BCUT2D eigenvalue weighted by atomic mass is 19.1. The number of halogens is 1. The number of pyridine rings is 1. The Morgan fingerprint density at radius 3 is 2.33 bits per heavy atom. The first-order chi connectivity index (χ1) is 13.0. The first kappa shape index (κ1) is 18.8. The topological polar surface area (TPSA) is 83.1 Å². The average molecular weight is 370 g/mol. The van der Waals surface area contributed by atoms with Gasteiger partial charge in [-0.25, -0.2) is 9.18 Å². The smallest absolute Gasteiger partial charge is 0.314 e. The molecule has 0 atom stereocenters. The normalized spacial score (nSPS) is 19.2. The predicted molar refractivity (Wildman–Crippen MR) is 101 cm³/mol. The van der Waals surface area contributed by atoms with Gasteiger partial charge in [-0.2, -0.15) is 0 Å². The van der Waals surface area contributed by atoms with Crippen molar-refractivity contribution in [3.05, 3.63) is 54.0 Å². The molecule has 3 amide bonds. The quantitative estimate of drug-likeness (QED) is 0.774. The van der Waals surface area contributed by atoms with Crippen LogP contribution in [-0.2, 0) is 0 Å². The van der Waals surface area contributed by atoms with Crippen LogP contribution in [-0.4, -0.2) is 36.1 Å². The fraction of sp³-hybridized carbons (Fsp3) is 0.350. The van der Waals surface area contributed by atoms with Gasteiger partial charge in [0.25, 0.3) is 5.91 Å². The maximum Gasteiger partial charge on any atom is 0.314 e. The van der Waals surface area contributed by atoms with Crippen molar-refractivity contribution in [1.82, 2.24) is 20.9 Å². The molecule has 0 unspecified atom stereocenters. The molecule has 1 aromatic heterocycles. The van der Waals surface area contributed by atoms with Gasteiger partial charge in [-0.3, -0.25) is 9.78 Å². The van der Waals surface area contributed by atoms with E-state index in [2.05, 4.69) is 20.9 Å². The zero-order valence-electron chi connectivity index (χ0n) is 15.2. The van der Waals surface area contributed by atoms with Crippen molar-refractivity contribution < 1.29 is 14.0 Å². The van der Waals surface area contributed by atoms with Gasteiger partial charge in [0.05, 0.1) is 11.3 Å². The molecule has 0 radical (unpaired) electrons. The monoisotopic (exact) mass is 370 g/mol. The van der Waals surface area contributed by atoms with Crippen LogP contribution < -0.4 is 16.0 Å². The van der Waals surface area contributed by atoms with Crippen LogP contribution in [0.2, 0.25) is 0 Å². The van der Waals surface area contributed by atoms with Gasteiger partial charge in [-0.1, -0.05) is 12.1 Å². The van der Waals surface area contributed by atoms with Crippen molar-refractivity contribution >= 4 is 11.9 Å². The number of benzene rings is 1. The van der Waals surface area contributed by atoms with Crippen molar-refractivity contribution in [3.63, 3.8) is 0 Å². The van der Waals surface area contributed by atoms with E-state index in [1.54, 1.807) is 31.3 Å². The van der Waals surface area contributed by atoms with Crippen LogP contribution in [0.1, 0.15) is 36.0 Å². The highest BCUT2D eigenvalue weighted by Gasteiger charge is 2.23. The van der Waals surface area contributed by atoms with E-state index in [1.165, 1.54) is 18.3 Å². The van der Waals surface area contributed by atoms with Crippen LogP contribution in [0.15, 0.2) is 42.6 Å². The number of carbonyl (C=O) groups is 2. The Balaban J connectivity index is 1.54. The van der Waals surface area contributed by atoms with Gasteiger partial charge in [-0.15, -0.1) is 0 Å². The van der Waals surface area contributed by atoms with Gasteiger partial charge in [-0.05, 0) is 49.9 Å². The lowest BCUT2D eigenvalue weighted by atomic mass is 9.91. The number of rotatable bonds is 4. The average Bonchev–Trinajstić information content (AvgIpc) is 2.69. The molecule has 3 N–H and O–H groups in total. The summed E-state index contributed by atoms with van der Waals surface area (Å²) >= 11 is 0. The number of hydrogen-bond donors (Lipinski definition) is 3. The van der Waals surface area contributed by atoms with Gasteiger partial charge in [0.2, 0.25) is 0 Å². The molecule has 6 nitrogen and oxygen atoms in total. The van der Waals surface area contributed by atoms with Crippen molar-refractivity contribution in [1.29, 1.82) is 0 Å². The Bertz CT molecular complexity index is 802. The van der Waals surface area contributed by atoms with Crippen molar-refractivity contribution in [3.8, 4) is 11.3 Å². The van der Waals surface area contributed by atoms with E-state index in [-0.39, 0.29) is 29.8 Å². The lowest BCUT2D eigenvalue weighted by Crippen LogP contribution is -2.46. The van der Waals surface area contributed by atoms with Crippen LogP contribution in [0.4, 0.5) is 9.18 Å². The molecule has 0 aliphatic heterocycles. The Morgan fingerprint density at radius 2 is 1.74 bits per heavy atom. The molecule has 1 aromatic carbocycles. The fourth-order valence-corrected chi connectivity index (χ4v) is 3.26. The summed E-state index contributed by atoms with van der Waals surface area (Å²) in [5.74, 6) is -0.492. The van der Waals surface area contributed by atoms with E-state index < -0.39 is 0 Å². The molecule has 0 bridgehead atoms. The van der Waals surface area contributed by atoms with E-state index in [9.17, 15) is 14.0 Å². The lowest BCUT2D eigenvalue weighted by Gasteiger charge is -2.29.